The van der Waals surface area contributed by atoms with Crippen LogP contribution in [0.3, 0.4) is 0 Å². The SMILES string of the molecule is Cc1cccc(C)c1CC(O)CSC1CCCC1. The Balaban J connectivity index is 1.84. The normalized spacial score (nSPS) is 18.2. The van der Waals surface area contributed by atoms with Crippen molar-refractivity contribution in [2.24, 2.45) is 0 Å². The van der Waals surface area contributed by atoms with Gasteiger partial charge in [0.15, 0.2) is 0 Å². The van der Waals surface area contributed by atoms with Gasteiger partial charge in [-0.15, -0.1) is 0 Å². The monoisotopic (exact) mass is 264 g/mol. The third kappa shape index (κ3) is 3.76. The van der Waals surface area contributed by atoms with Crippen LogP contribution in [0.5, 0.6) is 0 Å². The van der Waals surface area contributed by atoms with Crippen LogP contribution in [0, 0.1) is 13.8 Å². The summed E-state index contributed by atoms with van der Waals surface area (Å²) in [6.45, 7) is 4.28. The second kappa shape index (κ2) is 6.63. The standard InChI is InChI=1S/C16H24OS/c1-12-6-5-7-13(2)16(12)10-14(17)11-18-15-8-3-4-9-15/h5-7,14-15,17H,3-4,8-11H2,1-2H3. The molecule has 0 bridgehead atoms. The molecular formula is C16H24OS. The number of aliphatic hydroxyl groups is 1. The summed E-state index contributed by atoms with van der Waals surface area (Å²) in [5, 5.41) is 11.0. The average molecular weight is 264 g/mol. The minimum absolute atomic E-state index is 0.199. The van der Waals surface area contributed by atoms with Gasteiger partial charge in [-0.1, -0.05) is 31.0 Å². The molecule has 1 aliphatic rings. The van der Waals surface area contributed by atoms with Gasteiger partial charge >= 0.3 is 0 Å². The van der Waals surface area contributed by atoms with E-state index in [1.807, 2.05) is 11.8 Å². The quantitative estimate of drug-likeness (QED) is 0.871. The molecule has 2 rings (SSSR count). The summed E-state index contributed by atoms with van der Waals surface area (Å²) in [6.07, 6.45) is 6.06. The van der Waals surface area contributed by atoms with E-state index in [2.05, 4.69) is 32.0 Å². The van der Waals surface area contributed by atoms with Gasteiger partial charge in [0.05, 0.1) is 6.10 Å². The zero-order valence-electron chi connectivity index (χ0n) is 11.5. The Morgan fingerprint density at radius 1 is 1.22 bits per heavy atom. The van der Waals surface area contributed by atoms with Gasteiger partial charge in [0.25, 0.3) is 0 Å². The lowest BCUT2D eigenvalue weighted by Gasteiger charge is -2.16. The van der Waals surface area contributed by atoms with E-state index in [1.54, 1.807) is 0 Å². The first kappa shape index (κ1) is 14.0. The first-order valence-electron chi connectivity index (χ1n) is 7.01. The van der Waals surface area contributed by atoms with Crippen LogP contribution in [0.25, 0.3) is 0 Å². The Morgan fingerprint density at radius 3 is 2.44 bits per heavy atom. The molecule has 0 radical (unpaired) electrons. The first-order valence-corrected chi connectivity index (χ1v) is 8.06. The number of hydrogen-bond acceptors (Lipinski definition) is 2. The van der Waals surface area contributed by atoms with Crippen LogP contribution in [0.4, 0.5) is 0 Å². The summed E-state index contributed by atoms with van der Waals surface area (Å²) < 4.78 is 0. The molecule has 1 fully saturated rings. The maximum absolute atomic E-state index is 10.2. The summed E-state index contributed by atoms with van der Waals surface area (Å²) in [6, 6.07) is 6.37. The lowest BCUT2D eigenvalue weighted by molar-refractivity contribution is 0.199. The van der Waals surface area contributed by atoms with Gasteiger partial charge in [0, 0.05) is 11.0 Å². The molecule has 1 aliphatic carbocycles. The molecule has 0 amide bonds. The smallest absolute Gasteiger partial charge is 0.0671 e. The van der Waals surface area contributed by atoms with Crippen molar-refractivity contribution >= 4 is 11.8 Å². The van der Waals surface area contributed by atoms with E-state index in [4.69, 9.17) is 0 Å². The largest absolute Gasteiger partial charge is 0.392 e. The molecule has 1 nitrogen and oxygen atoms in total. The predicted octanol–water partition coefficient (Wildman–Crippen LogP) is 3.88. The van der Waals surface area contributed by atoms with E-state index in [1.165, 1.54) is 42.4 Å². The number of aliphatic hydroxyl groups excluding tert-OH is 1. The number of rotatable bonds is 5. The average Bonchev–Trinajstić information content (AvgIpc) is 2.84. The Labute approximate surface area is 115 Å². The molecular weight excluding hydrogens is 240 g/mol. The number of hydrogen-bond donors (Lipinski definition) is 1. The maximum atomic E-state index is 10.2. The summed E-state index contributed by atoms with van der Waals surface area (Å²) in [5.74, 6) is 0.887. The highest BCUT2D eigenvalue weighted by Gasteiger charge is 2.17. The molecule has 1 atom stereocenters. The van der Waals surface area contributed by atoms with Crippen molar-refractivity contribution in [1.29, 1.82) is 0 Å². The molecule has 0 aromatic heterocycles. The molecule has 2 heteroatoms. The van der Waals surface area contributed by atoms with Crippen LogP contribution in [0.2, 0.25) is 0 Å². The fraction of sp³-hybridized carbons (Fsp3) is 0.625. The highest BCUT2D eigenvalue weighted by atomic mass is 32.2. The Hall–Kier alpha value is -0.470. The zero-order valence-corrected chi connectivity index (χ0v) is 12.3. The van der Waals surface area contributed by atoms with Crippen LogP contribution >= 0.6 is 11.8 Å². The molecule has 0 aliphatic heterocycles. The fourth-order valence-electron chi connectivity index (χ4n) is 2.77. The van der Waals surface area contributed by atoms with Gasteiger partial charge in [-0.3, -0.25) is 0 Å². The van der Waals surface area contributed by atoms with Gasteiger partial charge in [0.1, 0.15) is 0 Å². The third-order valence-electron chi connectivity index (χ3n) is 3.91. The Morgan fingerprint density at radius 2 is 1.83 bits per heavy atom. The summed E-state index contributed by atoms with van der Waals surface area (Å²) in [4.78, 5) is 0. The fourth-order valence-corrected chi connectivity index (χ4v) is 4.05. The number of benzene rings is 1. The first-order chi connectivity index (χ1) is 8.66. The summed E-state index contributed by atoms with van der Waals surface area (Å²) >= 11 is 1.97. The van der Waals surface area contributed by atoms with E-state index >= 15 is 0 Å². The van der Waals surface area contributed by atoms with Crippen molar-refractivity contribution < 1.29 is 5.11 Å². The lowest BCUT2D eigenvalue weighted by Crippen LogP contribution is -2.17. The van der Waals surface area contributed by atoms with Crippen molar-refractivity contribution in [2.45, 2.75) is 57.3 Å². The topological polar surface area (TPSA) is 20.2 Å². The van der Waals surface area contributed by atoms with Crippen molar-refractivity contribution in [1.82, 2.24) is 0 Å². The van der Waals surface area contributed by atoms with E-state index < -0.39 is 0 Å². The van der Waals surface area contributed by atoms with Crippen LogP contribution in [0.1, 0.15) is 42.4 Å². The molecule has 1 N–H and O–H groups in total. The molecule has 0 saturated heterocycles. The summed E-state index contributed by atoms with van der Waals surface area (Å²) in [7, 11) is 0. The summed E-state index contributed by atoms with van der Waals surface area (Å²) in [5.41, 5.74) is 3.94. The van der Waals surface area contributed by atoms with Crippen molar-refractivity contribution in [3.8, 4) is 0 Å². The van der Waals surface area contributed by atoms with Gasteiger partial charge < -0.3 is 5.11 Å². The number of aryl methyl sites for hydroxylation is 2. The van der Waals surface area contributed by atoms with E-state index in [-0.39, 0.29) is 6.10 Å². The van der Waals surface area contributed by atoms with Crippen molar-refractivity contribution in [3.05, 3.63) is 34.9 Å². The van der Waals surface area contributed by atoms with E-state index in [9.17, 15) is 5.11 Å². The van der Waals surface area contributed by atoms with Crippen molar-refractivity contribution in [2.75, 3.05) is 5.75 Å². The number of thioether (sulfide) groups is 1. The second-order valence-corrected chi connectivity index (χ2v) is 6.80. The van der Waals surface area contributed by atoms with Crippen molar-refractivity contribution in [3.63, 3.8) is 0 Å². The zero-order chi connectivity index (χ0) is 13.0. The van der Waals surface area contributed by atoms with Gasteiger partial charge in [-0.25, -0.2) is 0 Å². The molecule has 1 aromatic carbocycles. The van der Waals surface area contributed by atoms with E-state index in [0.717, 1.165) is 17.4 Å². The Kier molecular flexibility index (Phi) is 5.13. The van der Waals surface area contributed by atoms with Crippen LogP contribution in [-0.4, -0.2) is 22.2 Å². The van der Waals surface area contributed by atoms with E-state index in [0.29, 0.717) is 0 Å². The van der Waals surface area contributed by atoms with Crippen LogP contribution < -0.4 is 0 Å². The third-order valence-corrected chi connectivity index (χ3v) is 5.43. The van der Waals surface area contributed by atoms with Crippen LogP contribution in [-0.2, 0) is 6.42 Å². The second-order valence-electron chi connectivity index (χ2n) is 5.47. The minimum Gasteiger partial charge on any atom is -0.392 e. The maximum Gasteiger partial charge on any atom is 0.0671 e. The van der Waals surface area contributed by atoms with Crippen LogP contribution in [0.15, 0.2) is 18.2 Å². The highest BCUT2D eigenvalue weighted by molar-refractivity contribution is 7.99. The molecule has 0 heterocycles. The predicted molar refractivity (Wildman–Crippen MR) is 80.3 cm³/mol. The lowest BCUT2D eigenvalue weighted by atomic mass is 9.98. The Bertz CT molecular complexity index is 362. The van der Waals surface area contributed by atoms with Gasteiger partial charge in [-0.05, 0) is 49.8 Å². The molecule has 1 unspecified atom stereocenters. The van der Waals surface area contributed by atoms with Gasteiger partial charge in [0.2, 0.25) is 0 Å². The van der Waals surface area contributed by atoms with Gasteiger partial charge in [-0.2, -0.15) is 11.8 Å². The molecule has 1 saturated carbocycles. The molecule has 100 valence electrons. The highest BCUT2D eigenvalue weighted by Crippen LogP contribution is 2.30. The molecule has 18 heavy (non-hydrogen) atoms. The molecule has 1 aromatic rings. The minimum atomic E-state index is -0.199. The molecule has 0 spiro atoms.